The number of hydrogen-bond acceptors (Lipinski definition) is 4. The molecule has 0 bridgehead atoms. The molecule has 18 heavy (non-hydrogen) atoms. The number of aryl methyl sites for hydroxylation is 1. The molecule has 0 radical (unpaired) electrons. The predicted molar refractivity (Wildman–Crippen MR) is 80.9 cm³/mol. The fraction of sp³-hybridized carbons (Fsp3) is 0.643. The molecule has 0 saturated carbocycles. The van der Waals surface area contributed by atoms with Gasteiger partial charge in [-0.3, -0.25) is 9.88 Å². The average Bonchev–Trinajstić information content (AvgIpc) is 2.38. The molecule has 1 unspecified atom stereocenters. The zero-order valence-corrected chi connectivity index (χ0v) is 12.5. The van der Waals surface area contributed by atoms with E-state index in [0.29, 0.717) is 6.04 Å². The molecule has 0 saturated heterocycles. The Morgan fingerprint density at radius 1 is 1.44 bits per heavy atom. The molecule has 102 valence electrons. The summed E-state index contributed by atoms with van der Waals surface area (Å²) < 4.78 is 0. The second kappa shape index (κ2) is 8.51. The van der Waals surface area contributed by atoms with Crippen LogP contribution in [0.5, 0.6) is 0 Å². The topological polar surface area (TPSA) is 42.2 Å². The van der Waals surface area contributed by atoms with Crippen LogP contribution in [0.1, 0.15) is 24.7 Å². The summed E-state index contributed by atoms with van der Waals surface area (Å²) in [7, 11) is 0. The van der Waals surface area contributed by atoms with Crippen LogP contribution in [0.3, 0.4) is 0 Å². The molecule has 4 heteroatoms. The van der Waals surface area contributed by atoms with Crippen LogP contribution in [0, 0.1) is 6.92 Å². The maximum atomic E-state index is 5.90. The Morgan fingerprint density at radius 2 is 2.22 bits per heavy atom. The third-order valence-electron chi connectivity index (χ3n) is 3.16. The molecule has 0 spiro atoms. The molecule has 1 rings (SSSR count). The lowest BCUT2D eigenvalue weighted by molar-refractivity contribution is 0.195. The Bertz CT molecular complexity index is 344. The highest BCUT2D eigenvalue weighted by Crippen LogP contribution is 2.11. The van der Waals surface area contributed by atoms with E-state index in [1.807, 2.05) is 24.8 Å². The maximum Gasteiger partial charge on any atom is 0.0547 e. The van der Waals surface area contributed by atoms with Crippen LogP contribution in [-0.2, 0) is 6.54 Å². The van der Waals surface area contributed by atoms with Gasteiger partial charge in [-0.2, -0.15) is 11.8 Å². The third kappa shape index (κ3) is 4.96. The van der Waals surface area contributed by atoms with E-state index < -0.39 is 0 Å². The van der Waals surface area contributed by atoms with Crippen LogP contribution in [-0.4, -0.2) is 41.0 Å². The van der Waals surface area contributed by atoms with Gasteiger partial charge in [0.2, 0.25) is 0 Å². The van der Waals surface area contributed by atoms with Gasteiger partial charge in [0, 0.05) is 24.8 Å². The summed E-state index contributed by atoms with van der Waals surface area (Å²) in [4.78, 5) is 7.00. The molecule has 0 aliphatic heterocycles. The summed E-state index contributed by atoms with van der Waals surface area (Å²) in [6, 6.07) is 6.67. The van der Waals surface area contributed by atoms with Crippen LogP contribution in [0.15, 0.2) is 18.2 Å². The first-order chi connectivity index (χ1) is 8.71. The van der Waals surface area contributed by atoms with Gasteiger partial charge in [-0.25, -0.2) is 0 Å². The van der Waals surface area contributed by atoms with Crippen molar-refractivity contribution in [2.45, 2.75) is 32.9 Å². The summed E-state index contributed by atoms with van der Waals surface area (Å²) in [5.74, 6) is 1.17. The molecule has 1 aromatic heterocycles. The largest absolute Gasteiger partial charge is 0.329 e. The number of hydrogen-bond donors (Lipinski definition) is 1. The second-order valence-electron chi connectivity index (χ2n) is 4.50. The summed E-state index contributed by atoms with van der Waals surface area (Å²) in [6.07, 6.45) is 3.29. The highest BCUT2D eigenvalue weighted by molar-refractivity contribution is 7.98. The van der Waals surface area contributed by atoms with Crippen LogP contribution in [0.4, 0.5) is 0 Å². The molecule has 1 aromatic rings. The molecular formula is C14H25N3S. The van der Waals surface area contributed by atoms with Gasteiger partial charge in [0.15, 0.2) is 0 Å². The van der Waals surface area contributed by atoms with E-state index in [9.17, 15) is 0 Å². The van der Waals surface area contributed by atoms with Crippen molar-refractivity contribution in [1.82, 2.24) is 9.88 Å². The average molecular weight is 267 g/mol. The lowest BCUT2D eigenvalue weighted by Crippen LogP contribution is -2.40. The van der Waals surface area contributed by atoms with Crippen LogP contribution >= 0.6 is 11.8 Å². The van der Waals surface area contributed by atoms with Crippen molar-refractivity contribution in [3.8, 4) is 0 Å². The number of pyridine rings is 1. The fourth-order valence-electron chi connectivity index (χ4n) is 2.10. The van der Waals surface area contributed by atoms with Crippen molar-refractivity contribution in [2.75, 3.05) is 25.1 Å². The van der Waals surface area contributed by atoms with Crippen LogP contribution in [0.2, 0.25) is 0 Å². The molecule has 0 aromatic carbocycles. The first kappa shape index (κ1) is 15.5. The van der Waals surface area contributed by atoms with Crippen molar-refractivity contribution in [3.05, 3.63) is 29.6 Å². The van der Waals surface area contributed by atoms with Crippen LogP contribution in [0.25, 0.3) is 0 Å². The summed E-state index contributed by atoms with van der Waals surface area (Å²) >= 11 is 1.88. The number of likely N-dealkylation sites (N-methyl/N-ethyl adjacent to an activating group) is 1. The van der Waals surface area contributed by atoms with Gasteiger partial charge in [-0.1, -0.05) is 13.0 Å². The minimum Gasteiger partial charge on any atom is -0.329 e. The quantitative estimate of drug-likeness (QED) is 0.785. The molecule has 0 aliphatic rings. The van der Waals surface area contributed by atoms with Crippen molar-refractivity contribution < 1.29 is 0 Å². The number of nitrogens with two attached hydrogens (primary N) is 1. The summed E-state index contributed by atoms with van der Waals surface area (Å²) in [5, 5.41) is 0. The van der Waals surface area contributed by atoms with Gasteiger partial charge in [0.05, 0.1) is 5.69 Å². The first-order valence-electron chi connectivity index (χ1n) is 6.56. The van der Waals surface area contributed by atoms with Gasteiger partial charge >= 0.3 is 0 Å². The lowest BCUT2D eigenvalue weighted by Gasteiger charge is -2.29. The molecule has 0 amide bonds. The lowest BCUT2D eigenvalue weighted by atomic mass is 10.1. The Morgan fingerprint density at radius 3 is 2.78 bits per heavy atom. The van der Waals surface area contributed by atoms with Gasteiger partial charge in [0.25, 0.3) is 0 Å². The first-order valence-corrected chi connectivity index (χ1v) is 7.96. The fourth-order valence-corrected chi connectivity index (χ4v) is 2.61. The van der Waals surface area contributed by atoms with Crippen molar-refractivity contribution in [2.24, 2.45) is 5.73 Å². The zero-order valence-electron chi connectivity index (χ0n) is 11.7. The van der Waals surface area contributed by atoms with E-state index in [-0.39, 0.29) is 0 Å². The van der Waals surface area contributed by atoms with E-state index in [1.54, 1.807) is 0 Å². The Balaban J connectivity index is 2.64. The summed E-state index contributed by atoms with van der Waals surface area (Å²) in [5.41, 5.74) is 8.12. The molecule has 3 nitrogen and oxygen atoms in total. The normalized spacial score (nSPS) is 12.9. The van der Waals surface area contributed by atoms with E-state index >= 15 is 0 Å². The highest BCUT2D eigenvalue weighted by Gasteiger charge is 2.15. The van der Waals surface area contributed by atoms with E-state index in [1.165, 1.54) is 5.75 Å². The van der Waals surface area contributed by atoms with E-state index in [4.69, 9.17) is 5.73 Å². The van der Waals surface area contributed by atoms with Crippen molar-refractivity contribution in [1.29, 1.82) is 0 Å². The predicted octanol–water partition coefficient (Wildman–Crippen LogP) is 2.29. The van der Waals surface area contributed by atoms with Gasteiger partial charge < -0.3 is 5.73 Å². The minimum atomic E-state index is 0.463. The minimum absolute atomic E-state index is 0.463. The van der Waals surface area contributed by atoms with E-state index in [0.717, 1.165) is 37.4 Å². The number of thioether (sulfide) groups is 1. The molecule has 2 N–H and O–H groups in total. The van der Waals surface area contributed by atoms with Gasteiger partial charge in [0.1, 0.15) is 0 Å². The Hall–Kier alpha value is -0.580. The number of nitrogens with zero attached hydrogens (tertiary/aromatic N) is 2. The van der Waals surface area contributed by atoms with E-state index in [2.05, 4.69) is 35.2 Å². The monoisotopic (exact) mass is 267 g/mol. The number of rotatable bonds is 8. The standard InChI is InChI=1S/C14H25N3S/c1-4-17(14(10-15)8-9-18-3)11-13-7-5-6-12(2)16-13/h5-7,14H,4,8-11,15H2,1-3H3. The number of aromatic nitrogens is 1. The molecular weight excluding hydrogens is 242 g/mol. The molecule has 0 fully saturated rings. The Labute approximate surface area is 115 Å². The zero-order chi connectivity index (χ0) is 13.4. The second-order valence-corrected chi connectivity index (χ2v) is 5.49. The van der Waals surface area contributed by atoms with Gasteiger partial charge in [-0.05, 0) is 44.0 Å². The molecule has 1 atom stereocenters. The Kier molecular flexibility index (Phi) is 7.32. The maximum absolute atomic E-state index is 5.90. The summed E-state index contributed by atoms with van der Waals surface area (Å²) in [6.45, 7) is 6.87. The smallest absolute Gasteiger partial charge is 0.0547 e. The molecule has 0 aliphatic carbocycles. The van der Waals surface area contributed by atoms with Crippen LogP contribution < -0.4 is 5.73 Å². The molecule has 1 heterocycles. The highest BCUT2D eigenvalue weighted by atomic mass is 32.2. The SMILES string of the molecule is CCN(Cc1cccc(C)n1)C(CN)CCSC. The third-order valence-corrected chi connectivity index (χ3v) is 3.80. The van der Waals surface area contributed by atoms with Crippen molar-refractivity contribution >= 4 is 11.8 Å². The van der Waals surface area contributed by atoms with Crippen molar-refractivity contribution in [3.63, 3.8) is 0 Å². The van der Waals surface area contributed by atoms with Gasteiger partial charge in [-0.15, -0.1) is 0 Å².